The van der Waals surface area contributed by atoms with Crippen molar-refractivity contribution in [2.24, 2.45) is 0 Å². The lowest BCUT2D eigenvalue weighted by Gasteiger charge is -2.28. The molecule has 3 heterocycles. The molecule has 2 aromatic rings. The molecule has 6 heteroatoms. The van der Waals surface area contributed by atoms with Gasteiger partial charge in [0, 0.05) is 28.6 Å². The van der Waals surface area contributed by atoms with Crippen LogP contribution < -0.4 is 10.2 Å². The van der Waals surface area contributed by atoms with Gasteiger partial charge in [0.15, 0.2) is 11.3 Å². The lowest BCUT2D eigenvalue weighted by molar-refractivity contribution is -0.102. The highest BCUT2D eigenvalue weighted by atomic mass is 32.1. The number of pyridine rings is 1. The summed E-state index contributed by atoms with van der Waals surface area (Å²) in [5.41, 5.74) is 3.98. The van der Waals surface area contributed by atoms with E-state index in [0.717, 1.165) is 34.7 Å². The molecule has 1 atom stereocenters. The first-order valence-electron chi connectivity index (χ1n) is 8.52. The summed E-state index contributed by atoms with van der Waals surface area (Å²) in [5.74, 6) is 0.598. The van der Waals surface area contributed by atoms with Crippen LogP contribution in [0.1, 0.15) is 11.1 Å². The Balaban J connectivity index is 1.70. The Kier molecular flexibility index (Phi) is 4.58. The summed E-state index contributed by atoms with van der Waals surface area (Å²) in [6.07, 6.45) is 0.794. The van der Waals surface area contributed by atoms with Gasteiger partial charge in [0.2, 0.25) is 0 Å². The number of benzene rings is 1. The highest BCUT2D eigenvalue weighted by molar-refractivity contribution is 7.80. The van der Waals surface area contributed by atoms with Crippen molar-refractivity contribution in [1.29, 1.82) is 0 Å². The molecule has 2 aliphatic heterocycles. The molecular weight excluding hydrogens is 338 g/mol. The highest BCUT2D eigenvalue weighted by Gasteiger charge is 2.23. The monoisotopic (exact) mass is 359 g/mol. The number of fused-ring (bicyclic) bond motifs is 3. The Hall–Kier alpha value is -1.76. The van der Waals surface area contributed by atoms with Crippen molar-refractivity contribution in [1.82, 2.24) is 4.57 Å². The second kappa shape index (κ2) is 6.86. The third-order valence-corrected chi connectivity index (χ3v) is 5.04. The lowest BCUT2D eigenvalue weighted by atomic mass is 9.94. The molecule has 1 aromatic carbocycles. The zero-order valence-electron chi connectivity index (χ0n) is 14.2. The van der Waals surface area contributed by atoms with E-state index in [-0.39, 0.29) is 11.5 Å². The molecule has 0 radical (unpaired) electrons. The van der Waals surface area contributed by atoms with Gasteiger partial charge in [-0.3, -0.25) is 4.79 Å². The largest absolute Gasteiger partial charge is 0.476 e. The van der Waals surface area contributed by atoms with Gasteiger partial charge in [-0.15, -0.1) is 12.6 Å². The van der Waals surface area contributed by atoms with Crippen molar-refractivity contribution in [2.75, 3.05) is 26.4 Å². The fraction of sp³-hybridized carbons (Fsp3) is 0.421. The maximum Gasteiger partial charge on any atom is 0.197 e. The number of aromatic nitrogens is 1. The van der Waals surface area contributed by atoms with E-state index >= 15 is 0 Å². The lowest BCUT2D eigenvalue weighted by Crippen LogP contribution is -2.34. The predicted molar refractivity (Wildman–Crippen MR) is 97.9 cm³/mol. The predicted octanol–water partition coefficient (Wildman–Crippen LogP) is 2.46. The van der Waals surface area contributed by atoms with Crippen molar-refractivity contribution in [3.63, 3.8) is 0 Å². The van der Waals surface area contributed by atoms with Crippen molar-refractivity contribution in [3.05, 3.63) is 45.6 Å². The summed E-state index contributed by atoms with van der Waals surface area (Å²) >= 11 is 4.43. The van der Waals surface area contributed by atoms with Crippen molar-refractivity contribution >= 4 is 12.6 Å². The summed E-state index contributed by atoms with van der Waals surface area (Å²) < 4.78 is 19.1. The van der Waals surface area contributed by atoms with Crippen LogP contribution in [0, 0.1) is 6.92 Å². The van der Waals surface area contributed by atoms with Crippen LogP contribution in [0.5, 0.6) is 5.88 Å². The molecule has 4 rings (SSSR count). The molecule has 0 saturated carbocycles. The fourth-order valence-electron chi connectivity index (χ4n) is 3.48. The number of ether oxygens (including phenoxy) is 3. The molecule has 2 aliphatic rings. The third kappa shape index (κ3) is 3.21. The Morgan fingerprint density at radius 3 is 3.00 bits per heavy atom. The average Bonchev–Trinajstić information content (AvgIpc) is 2.63. The molecule has 0 bridgehead atoms. The van der Waals surface area contributed by atoms with Crippen molar-refractivity contribution in [2.45, 2.75) is 30.9 Å². The van der Waals surface area contributed by atoms with Crippen LogP contribution in [0.3, 0.4) is 0 Å². The van der Waals surface area contributed by atoms with Gasteiger partial charge < -0.3 is 18.8 Å². The molecule has 0 aliphatic carbocycles. The van der Waals surface area contributed by atoms with Gasteiger partial charge >= 0.3 is 0 Å². The normalized spacial score (nSPS) is 19.2. The van der Waals surface area contributed by atoms with Crippen LogP contribution in [-0.2, 0) is 22.4 Å². The summed E-state index contributed by atoms with van der Waals surface area (Å²) in [6, 6.07) is 7.66. The first kappa shape index (κ1) is 16.7. The van der Waals surface area contributed by atoms with E-state index in [0.29, 0.717) is 32.3 Å². The molecular formula is C19H21NO4S. The van der Waals surface area contributed by atoms with Gasteiger partial charge in [-0.2, -0.15) is 0 Å². The maximum atomic E-state index is 12.5. The smallest absolute Gasteiger partial charge is 0.197 e. The molecule has 0 amide bonds. The van der Waals surface area contributed by atoms with Crippen LogP contribution in [0.15, 0.2) is 34.0 Å². The average molecular weight is 359 g/mol. The molecule has 1 saturated heterocycles. The van der Waals surface area contributed by atoms with Gasteiger partial charge in [0.1, 0.15) is 12.7 Å². The second-order valence-corrected chi connectivity index (χ2v) is 6.96. The first-order valence-corrected chi connectivity index (χ1v) is 8.97. The summed E-state index contributed by atoms with van der Waals surface area (Å²) in [5, 5.41) is 0. The van der Waals surface area contributed by atoms with E-state index in [4.69, 9.17) is 14.2 Å². The Labute approximate surface area is 151 Å². The molecule has 1 aromatic heterocycles. The second-order valence-electron chi connectivity index (χ2n) is 6.44. The Morgan fingerprint density at radius 2 is 2.20 bits per heavy atom. The molecule has 0 N–H and O–H groups in total. The van der Waals surface area contributed by atoms with Crippen LogP contribution in [0.25, 0.3) is 11.3 Å². The van der Waals surface area contributed by atoms with E-state index in [1.165, 1.54) is 5.56 Å². The highest BCUT2D eigenvalue weighted by Crippen LogP contribution is 2.34. The molecule has 132 valence electrons. The van der Waals surface area contributed by atoms with E-state index in [9.17, 15) is 4.79 Å². The number of thiol groups is 1. The minimum Gasteiger partial charge on any atom is -0.476 e. The van der Waals surface area contributed by atoms with Crippen LogP contribution in [0.4, 0.5) is 0 Å². The summed E-state index contributed by atoms with van der Waals surface area (Å²) in [4.78, 5) is 13.4. The molecule has 1 unspecified atom stereocenters. The molecule has 5 nitrogen and oxygen atoms in total. The summed E-state index contributed by atoms with van der Waals surface area (Å²) in [7, 11) is 0. The van der Waals surface area contributed by atoms with Crippen LogP contribution in [-0.4, -0.2) is 37.1 Å². The number of nitrogens with zero attached hydrogens (tertiary/aromatic N) is 1. The Bertz CT molecular complexity index is 855. The first-order chi connectivity index (χ1) is 12.1. The van der Waals surface area contributed by atoms with Crippen molar-refractivity contribution < 1.29 is 14.2 Å². The van der Waals surface area contributed by atoms with Gasteiger partial charge in [-0.05, 0) is 31.0 Å². The van der Waals surface area contributed by atoms with Gasteiger partial charge in [0.05, 0.1) is 25.5 Å². The molecule has 1 fully saturated rings. The van der Waals surface area contributed by atoms with E-state index in [2.05, 4.69) is 23.3 Å². The van der Waals surface area contributed by atoms with Gasteiger partial charge in [-0.25, -0.2) is 0 Å². The molecule has 25 heavy (non-hydrogen) atoms. The minimum absolute atomic E-state index is 0.00939. The zero-order chi connectivity index (χ0) is 17.4. The number of rotatable bonds is 3. The quantitative estimate of drug-likeness (QED) is 0.856. The van der Waals surface area contributed by atoms with Gasteiger partial charge in [-0.1, -0.05) is 6.07 Å². The van der Waals surface area contributed by atoms with E-state index in [1.54, 1.807) is 6.07 Å². The minimum atomic E-state index is -0.0935. The fourth-order valence-corrected chi connectivity index (χ4v) is 3.71. The van der Waals surface area contributed by atoms with Gasteiger partial charge in [0.25, 0.3) is 0 Å². The third-order valence-electron chi connectivity index (χ3n) is 4.77. The van der Waals surface area contributed by atoms with Crippen molar-refractivity contribution in [3.8, 4) is 17.1 Å². The SMILES string of the molecule is Cc1c2n(c(OCC3COCCO3)cc1=O)CCc1cc(S)ccc1-2. The number of hydrogen-bond acceptors (Lipinski definition) is 5. The topological polar surface area (TPSA) is 49.7 Å². The summed E-state index contributed by atoms with van der Waals surface area (Å²) in [6.45, 7) is 4.76. The van der Waals surface area contributed by atoms with E-state index < -0.39 is 0 Å². The van der Waals surface area contributed by atoms with E-state index in [1.807, 2.05) is 19.1 Å². The number of aryl methyl sites for hydroxylation is 1. The molecule has 0 spiro atoms. The van der Waals surface area contributed by atoms with Crippen LogP contribution >= 0.6 is 12.6 Å². The maximum absolute atomic E-state index is 12.5. The Morgan fingerprint density at radius 1 is 1.32 bits per heavy atom. The zero-order valence-corrected chi connectivity index (χ0v) is 15.1. The standard InChI is InChI=1S/C19H21NO4S/c1-12-17(21)9-18(24-11-14-10-22-6-7-23-14)20-5-4-13-8-15(25)2-3-16(13)19(12)20/h2-3,8-9,14,25H,4-7,10-11H2,1H3. The van der Waals surface area contributed by atoms with Crippen LogP contribution in [0.2, 0.25) is 0 Å². The number of hydrogen-bond donors (Lipinski definition) is 1.